The van der Waals surface area contributed by atoms with Gasteiger partial charge in [0.2, 0.25) is 5.91 Å². The third-order valence-corrected chi connectivity index (χ3v) is 6.47. The van der Waals surface area contributed by atoms with Crippen LogP contribution in [0, 0.1) is 5.82 Å². The summed E-state index contributed by atoms with van der Waals surface area (Å²) in [6, 6.07) is 33.6. The molecule has 3 nitrogen and oxygen atoms in total. The normalized spacial score (nSPS) is 10.9. The molecule has 1 aromatic heterocycles. The van der Waals surface area contributed by atoms with E-state index in [0.29, 0.717) is 22.0 Å². The molecular formula is C29H21FN2OS. The van der Waals surface area contributed by atoms with Gasteiger partial charge in [-0.3, -0.25) is 4.79 Å². The lowest BCUT2D eigenvalue weighted by Crippen LogP contribution is -2.22. The molecule has 0 radical (unpaired) electrons. The van der Waals surface area contributed by atoms with Gasteiger partial charge in [-0.2, -0.15) is 0 Å². The molecule has 0 spiro atoms. The molecule has 4 aromatic carbocycles. The number of carbonyl (C=O) groups is 1. The Morgan fingerprint density at radius 2 is 1.29 bits per heavy atom. The largest absolute Gasteiger partial charge is 0.325 e. The number of para-hydroxylation sites is 1. The fraction of sp³-hybridized carbons (Fsp3) is 0.0345. The lowest BCUT2D eigenvalue weighted by molar-refractivity contribution is -0.116. The van der Waals surface area contributed by atoms with Gasteiger partial charge in [0.1, 0.15) is 10.8 Å². The molecule has 1 amide bonds. The van der Waals surface area contributed by atoms with Crippen LogP contribution in [0.25, 0.3) is 21.8 Å². The number of amides is 1. The molecule has 0 bridgehead atoms. The van der Waals surface area contributed by atoms with Crippen LogP contribution in [0.1, 0.15) is 17.0 Å². The van der Waals surface area contributed by atoms with Crippen molar-refractivity contribution in [1.82, 2.24) is 4.98 Å². The molecule has 0 aliphatic carbocycles. The summed E-state index contributed by atoms with van der Waals surface area (Å²) in [4.78, 5) is 18.3. The topological polar surface area (TPSA) is 42.0 Å². The summed E-state index contributed by atoms with van der Waals surface area (Å²) in [6.07, 6.45) is 0. The van der Waals surface area contributed by atoms with Crippen LogP contribution >= 0.6 is 11.3 Å². The molecule has 0 aliphatic rings. The van der Waals surface area contributed by atoms with E-state index in [1.54, 1.807) is 18.2 Å². The number of nitrogens with one attached hydrogen (secondary N) is 1. The van der Waals surface area contributed by atoms with Gasteiger partial charge in [-0.15, -0.1) is 11.3 Å². The number of nitrogens with zero attached hydrogens (tertiary/aromatic N) is 1. The van der Waals surface area contributed by atoms with E-state index in [-0.39, 0.29) is 11.7 Å². The molecule has 0 aliphatic heterocycles. The molecule has 1 heterocycles. The first-order chi connectivity index (χ1) is 16.7. The van der Waals surface area contributed by atoms with Crippen LogP contribution in [0.5, 0.6) is 0 Å². The zero-order chi connectivity index (χ0) is 23.3. The van der Waals surface area contributed by atoms with Crippen LogP contribution in [0.2, 0.25) is 0 Å². The van der Waals surface area contributed by atoms with Gasteiger partial charge < -0.3 is 5.32 Å². The highest BCUT2D eigenvalue weighted by Gasteiger charge is 2.24. The van der Waals surface area contributed by atoms with Crippen molar-refractivity contribution >= 4 is 22.9 Å². The molecule has 34 heavy (non-hydrogen) atoms. The van der Waals surface area contributed by atoms with Crippen molar-refractivity contribution < 1.29 is 9.18 Å². The van der Waals surface area contributed by atoms with Crippen LogP contribution in [0.15, 0.2) is 115 Å². The Morgan fingerprint density at radius 3 is 1.94 bits per heavy atom. The van der Waals surface area contributed by atoms with Crippen molar-refractivity contribution in [2.45, 2.75) is 5.92 Å². The summed E-state index contributed by atoms with van der Waals surface area (Å²) in [5.74, 6) is -0.896. The van der Waals surface area contributed by atoms with E-state index in [1.165, 1.54) is 17.4 Å². The second-order valence-corrected chi connectivity index (χ2v) is 8.67. The number of aromatic nitrogens is 1. The van der Waals surface area contributed by atoms with Gasteiger partial charge in [0.15, 0.2) is 0 Å². The number of carbonyl (C=O) groups excluding carboxylic acids is 1. The average Bonchev–Trinajstić information content (AvgIpc) is 3.36. The number of anilines is 1. The number of halogens is 1. The molecule has 0 saturated heterocycles. The van der Waals surface area contributed by atoms with Gasteiger partial charge in [-0.05, 0) is 29.3 Å². The van der Waals surface area contributed by atoms with Gasteiger partial charge in [0, 0.05) is 16.5 Å². The minimum Gasteiger partial charge on any atom is -0.325 e. The fourth-order valence-electron chi connectivity index (χ4n) is 3.96. The molecule has 0 unspecified atom stereocenters. The van der Waals surface area contributed by atoms with Gasteiger partial charge in [0.25, 0.3) is 0 Å². The Balaban J connectivity index is 1.48. The first-order valence-corrected chi connectivity index (χ1v) is 11.8. The Morgan fingerprint density at radius 1 is 0.735 bits per heavy atom. The van der Waals surface area contributed by atoms with E-state index >= 15 is 0 Å². The quantitative estimate of drug-likeness (QED) is 0.285. The van der Waals surface area contributed by atoms with Gasteiger partial charge in [-0.25, -0.2) is 9.37 Å². The standard InChI is InChI=1S/C29H21FN2OS/c30-24-17-9-7-15-22(24)29-32-26(19-34-29)23-16-8-10-18-25(23)31-28(33)27(20-11-3-1-4-12-20)21-13-5-2-6-14-21/h1-19,27H,(H,31,33). The maximum atomic E-state index is 14.3. The summed E-state index contributed by atoms with van der Waals surface area (Å²) in [7, 11) is 0. The zero-order valence-corrected chi connectivity index (χ0v) is 19.0. The van der Waals surface area contributed by atoms with Crippen molar-refractivity contribution in [2.24, 2.45) is 0 Å². The minimum atomic E-state index is -0.458. The van der Waals surface area contributed by atoms with Crippen molar-refractivity contribution in [3.05, 3.63) is 132 Å². The van der Waals surface area contributed by atoms with Gasteiger partial charge >= 0.3 is 0 Å². The second kappa shape index (κ2) is 9.81. The van der Waals surface area contributed by atoms with E-state index in [9.17, 15) is 9.18 Å². The highest BCUT2D eigenvalue weighted by Crippen LogP contribution is 2.34. The predicted molar refractivity (Wildman–Crippen MR) is 136 cm³/mol. The van der Waals surface area contributed by atoms with Crippen molar-refractivity contribution in [1.29, 1.82) is 0 Å². The van der Waals surface area contributed by atoms with Crippen LogP contribution in [0.3, 0.4) is 0 Å². The fourth-order valence-corrected chi connectivity index (χ4v) is 4.81. The Labute approximate surface area is 201 Å². The van der Waals surface area contributed by atoms with Crippen molar-refractivity contribution in [3.63, 3.8) is 0 Å². The molecule has 5 heteroatoms. The minimum absolute atomic E-state index is 0.130. The van der Waals surface area contributed by atoms with E-state index in [2.05, 4.69) is 10.3 Å². The van der Waals surface area contributed by atoms with E-state index < -0.39 is 5.92 Å². The first-order valence-electron chi connectivity index (χ1n) is 10.9. The maximum absolute atomic E-state index is 14.3. The Kier molecular flexibility index (Phi) is 6.27. The van der Waals surface area contributed by atoms with Crippen LogP contribution in [-0.4, -0.2) is 10.9 Å². The highest BCUT2D eigenvalue weighted by atomic mass is 32.1. The number of rotatable bonds is 6. The van der Waals surface area contributed by atoms with Crippen molar-refractivity contribution in [2.75, 3.05) is 5.32 Å². The van der Waals surface area contributed by atoms with Crippen LogP contribution in [0.4, 0.5) is 10.1 Å². The second-order valence-electron chi connectivity index (χ2n) is 7.81. The molecule has 0 saturated carbocycles. The molecular weight excluding hydrogens is 443 g/mol. The lowest BCUT2D eigenvalue weighted by Gasteiger charge is -2.19. The van der Waals surface area contributed by atoms with Gasteiger partial charge in [0.05, 0.1) is 17.3 Å². The molecule has 166 valence electrons. The lowest BCUT2D eigenvalue weighted by atomic mass is 9.90. The summed E-state index contributed by atoms with van der Waals surface area (Å²) in [6.45, 7) is 0. The number of thiazole rings is 1. The summed E-state index contributed by atoms with van der Waals surface area (Å²) >= 11 is 1.38. The smallest absolute Gasteiger partial charge is 0.236 e. The SMILES string of the molecule is O=C(Nc1ccccc1-c1csc(-c2ccccc2F)n1)C(c1ccccc1)c1ccccc1. The first kappa shape index (κ1) is 21.7. The van der Waals surface area contributed by atoms with E-state index in [4.69, 9.17) is 0 Å². The summed E-state index contributed by atoms with van der Waals surface area (Å²) < 4.78 is 14.3. The van der Waals surface area contributed by atoms with Crippen LogP contribution in [-0.2, 0) is 4.79 Å². The van der Waals surface area contributed by atoms with Gasteiger partial charge in [-0.1, -0.05) is 91.0 Å². The molecule has 5 rings (SSSR count). The highest BCUT2D eigenvalue weighted by molar-refractivity contribution is 7.13. The summed E-state index contributed by atoms with van der Waals surface area (Å²) in [5.41, 5.74) is 4.44. The number of benzene rings is 4. The van der Waals surface area contributed by atoms with E-state index in [0.717, 1.165) is 16.7 Å². The molecule has 0 atom stereocenters. The predicted octanol–water partition coefficient (Wildman–Crippen LogP) is 7.39. The molecule has 5 aromatic rings. The summed E-state index contributed by atoms with van der Waals surface area (Å²) in [5, 5.41) is 5.60. The number of hydrogen-bond donors (Lipinski definition) is 1. The average molecular weight is 465 g/mol. The number of hydrogen-bond acceptors (Lipinski definition) is 3. The molecule has 0 fully saturated rings. The van der Waals surface area contributed by atoms with E-state index in [1.807, 2.05) is 90.3 Å². The third-order valence-electron chi connectivity index (χ3n) is 5.60. The van der Waals surface area contributed by atoms with Crippen LogP contribution < -0.4 is 5.32 Å². The monoisotopic (exact) mass is 464 g/mol. The maximum Gasteiger partial charge on any atom is 0.236 e. The third kappa shape index (κ3) is 4.51. The Hall–Kier alpha value is -4.09. The zero-order valence-electron chi connectivity index (χ0n) is 18.2. The van der Waals surface area contributed by atoms with Crippen molar-refractivity contribution in [3.8, 4) is 21.8 Å². The Bertz CT molecular complexity index is 1380. The molecule has 1 N–H and O–H groups in total.